The number of carboxylic acid groups (broad SMARTS) is 1. The smallest absolute Gasteiger partial charge is 0.331 e. The lowest BCUT2D eigenvalue weighted by Gasteiger charge is -2.47. The minimum absolute atomic E-state index is 0.0190. The molecule has 0 aromatic carbocycles. The van der Waals surface area contributed by atoms with Crippen LogP contribution in [-0.2, 0) is 9.59 Å². The van der Waals surface area contributed by atoms with Gasteiger partial charge in [-0.15, -0.1) is 0 Å². The van der Waals surface area contributed by atoms with E-state index in [1.54, 1.807) is 6.08 Å². The molecular weight excluding hydrogens is 228 g/mol. The molecule has 0 radical (unpaired) electrons. The highest BCUT2D eigenvalue weighted by Gasteiger charge is 2.44. The normalized spacial score (nSPS) is 35.7. The molecule has 0 amide bonds. The van der Waals surface area contributed by atoms with Crippen LogP contribution in [0.1, 0.15) is 39.5 Å². The molecule has 18 heavy (non-hydrogen) atoms. The molecule has 0 saturated heterocycles. The average Bonchev–Trinajstić information content (AvgIpc) is 2.26. The Hall–Kier alpha value is -1.38. The molecule has 1 fully saturated rings. The van der Waals surface area contributed by atoms with Gasteiger partial charge in [0.2, 0.25) is 0 Å². The monoisotopic (exact) mass is 248 g/mol. The number of hydrogen-bond donors (Lipinski definition) is 1. The van der Waals surface area contributed by atoms with Crippen LogP contribution in [0.2, 0.25) is 0 Å². The number of fused-ring (bicyclic) bond motifs is 1. The minimum Gasteiger partial charge on any atom is -0.478 e. The molecule has 0 unspecified atom stereocenters. The van der Waals surface area contributed by atoms with Crippen LogP contribution in [-0.4, -0.2) is 16.9 Å². The summed E-state index contributed by atoms with van der Waals surface area (Å²) in [4.78, 5) is 22.7. The van der Waals surface area contributed by atoms with Gasteiger partial charge in [0.05, 0.1) is 0 Å². The van der Waals surface area contributed by atoms with E-state index in [0.29, 0.717) is 17.9 Å². The predicted octanol–water partition coefficient (Wildman–Crippen LogP) is 2.97. The molecule has 2 rings (SSSR count). The third-order valence-corrected chi connectivity index (χ3v) is 4.71. The second-order valence-corrected chi connectivity index (χ2v) is 6.04. The van der Waals surface area contributed by atoms with Crippen molar-refractivity contribution in [1.29, 1.82) is 0 Å². The maximum absolute atomic E-state index is 11.7. The van der Waals surface area contributed by atoms with Gasteiger partial charge in [0.15, 0.2) is 5.78 Å². The van der Waals surface area contributed by atoms with E-state index in [2.05, 4.69) is 13.5 Å². The largest absolute Gasteiger partial charge is 0.478 e. The molecule has 3 atom stereocenters. The van der Waals surface area contributed by atoms with Gasteiger partial charge in [-0.2, -0.15) is 0 Å². The van der Waals surface area contributed by atoms with Crippen molar-refractivity contribution in [2.24, 2.45) is 17.3 Å². The summed E-state index contributed by atoms with van der Waals surface area (Å²) in [6.07, 6.45) is 4.89. The van der Waals surface area contributed by atoms with Gasteiger partial charge in [0.25, 0.3) is 0 Å². The van der Waals surface area contributed by atoms with Crippen LogP contribution in [0.3, 0.4) is 0 Å². The molecule has 0 aromatic heterocycles. The molecule has 1 saturated carbocycles. The fourth-order valence-electron chi connectivity index (χ4n) is 3.61. The molecule has 3 heteroatoms. The molecule has 0 aromatic rings. The Morgan fingerprint density at radius 1 is 1.56 bits per heavy atom. The van der Waals surface area contributed by atoms with Crippen LogP contribution in [0.15, 0.2) is 23.8 Å². The number of carbonyl (C=O) groups is 2. The zero-order valence-corrected chi connectivity index (χ0v) is 11.0. The Labute approximate surface area is 108 Å². The first-order chi connectivity index (χ1) is 8.33. The van der Waals surface area contributed by atoms with Crippen molar-refractivity contribution in [3.05, 3.63) is 23.8 Å². The molecule has 0 spiro atoms. The van der Waals surface area contributed by atoms with Crippen molar-refractivity contribution in [2.75, 3.05) is 0 Å². The van der Waals surface area contributed by atoms with E-state index in [0.717, 1.165) is 24.8 Å². The molecule has 98 valence electrons. The van der Waals surface area contributed by atoms with Gasteiger partial charge in [0, 0.05) is 12.0 Å². The van der Waals surface area contributed by atoms with Gasteiger partial charge in [0.1, 0.15) is 0 Å². The van der Waals surface area contributed by atoms with Crippen LogP contribution in [0.5, 0.6) is 0 Å². The average molecular weight is 248 g/mol. The molecule has 0 bridgehead atoms. The third kappa shape index (κ3) is 2.14. The maximum atomic E-state index is 11.7. The van der Waals surface area contributed by atoms with Gasteiger partial charge in [-0.1, -0.05) is 19.1 Å². The summed E-state index contributed by atoms with van der Waals surface area (Å²) in [5.74, 6) is -0.305. The van der Waals surface area contributed by atoms with Crippen molar-refractivity contribution in [1.82, 2.24) is 0 Å². The fourth-order valence-corrected chi connectivity index (χ4v) is 3.61. The van der Waals surface area contributed by atoms with Gasteiger partial charge in [-0.25, -0.2) is 4.79 Å². The lowest BCUT2D eigenvalue weighted by molar-refractivity contribution is -0.133. The minimum atomic E-state index is -0.892. The van der Waals surface area contributed by atoms with Gasteiger partial charge in [-0.3, -0.25) is 4.79 Å². The zero-order valence-electron chi connectivity index (χ0n) is 11.0. The molecule has 1 N–H and O–H groups in total. The molecular formula is C15H20O3. The lowest BCUT2D eigenvalue weighted by atomic mass is 9.57. The van der Waals surface area contributed by atoms with Gasteiger partial charge >= 0.3 is 5.97 Å². The SMILES string of the molecule is C=C(C(=O)O)[C@@H]1CC[C@@]2(C)CC(=O)C=C(C)[C@H]2C1. The number of allylic oxidation sites excluding steroid dienone is 2. The zero-order chi connectivity index (χ0) is 13.5. The van der Waals surface area contributed by atoms with Crippen LogP contribution >= 0.6 is 0 Å². The summed E-state index contributed by atoms with van der Waals surface area (Å²) < 4.78 is 0. The van der Waals surface area contributed by atoms with Crippen molar-refractivity contribution >= 4 is 11.8 Å². The number of carbonyl (C=O) groups excluding carboxylic acids is 1. The summed E-state index contributed by atoms with van der Waals surface area (Å²) >= 11 is 0. The Balaban J connectivity index is 2.22. The Kier molecular flexibility index (Phi) is 3.18. The second kappa shape index (κ2) is 4.38. The third-order valence-electron chi connectivity index (χ3n) is 4.71. The Morgan fingerprint density at radius 3 is 2.83 bits per heavy atom. The van der Waals surface area contributed by atoms with Crippen LogP contribution in [0, 0.1) is 17.3 Å². The van der Waals surface area contributed by atoms with E-state index in [4.69, 9.17) is 5.11 Å². The summed E-state index contributed by atoms with van der Waals surface area (Å²) in [5.41, 5.74) is 1.45. The van der Waals surface area contributed by atoms with Crippen molar-refractivity contribution in [2.45, 2.75) is 39.5 Å². The second-order valence-electron chi connectivity index (χ2n) is 6.04. The number of ketones is 1. The summed E-state index contributed by atoms with van der Waals surface area (Å²) in [6, 6.07) is 0. The van der Waals surface area contributed by atoms with E-state index < -0.39 is 5.97 Å². The lowest BCUT2D eigenvalue weighted by Crippen LogP contribution is -2.40. The summed E-state index contributed by atoms with van der Waals surface area (Å²) in [7, 11) is 0. The number of aliphatic carboxylic acids is 1. The fraction of sp³-hybridized carbons (Fsp3) is 0.600. The van der Waals surface area contributed by atoms with Crippen LogP contribution < -0.4 is 0 Å². The molecule has 2 aliphatic rings. The summed E-state index contributed by atoms with van der Waals surface area (Å²) in [6.45, 7) is 7.84. The molecule has 3 nitrogen and oxygen atoms in total. The van der Waals surface area contributed by atoms with E-state index in [1.165, 1.54) is 0 Å². The van der Waals surface area contributed by atoms with Crippen LogP contribution in [0.25, 0.3) is 0 Å². The highest BCUT2D eigenvalue weighted by Crippen LogP contribution is 2.52. The first-order valence-corrected chi connectivity index (χ1v) is 6.46. The molecule has 0 aliphatic heterocycles. The molecule has 2 aliphatic carbocycles. The van der Waals surface area contributed by atoms with E-state index >= 15 is 0 Å². The highest BCUT2D eigenvalue weighted by atomic mass is 16.4. The van der Waals surface area contributed by atoms with E-state index in [9.17, 15) is 9.59 Å². The van der Waals surface area contributed by atoms with E-state index in [-0.39, 0.29) is 17.1 Å². The number of rotatable bonds is 2. The van der Waals surface area contributed by atoms with Crippen molar-refractivity contribution < 1.29 is 14.7 Å². The first kappa shape index (κ1) is 13.1. The number of carboxylic acids is 1. The van der Waals surface area contributed by atoms with Crippen molar-refractivity contribution in [3.63, 3.8) is 0 Å². The van der Waals surface area contributed by atoms with Crippen LogP contribution in [0.4, 0.5) is 0 Å². The van der Waals surface area contributed by atoms with Gasteiger partial charge < -0.3 is 5.11 Å². The number of hydrogen-bond acceptors (Lipinski definition) is 2. The first-order valence-electron chi connectivity index (χ1n) is 6.46. The van der Waals surface area contributed by atoms with Crippen molar-refractivity contribution in [3.8, 4) is 0 Å². The van der Waals surface area contributed by atoms with E-state index in [1.807, 2.05) is 6.92 Å². The topological polar surface area (TPSA) is 54.4 Å². The summed E-state index contributed by atoms with van der Waals surface area (Å²) in [5, 5.41) is 9.03. The quantitative estimate of drug-likeness (QED) is 0.764. The standard InChI is InChI=1S/C15H20O3/c1-9-6-12(16)8-15(3)5-4-11(7-13(9)15)10(2)14(17)18/h6,11,13H,2,4-5,7-8H2,1,3H3,(H,17,18)/t11-,13-,15+/m1/s1. The predicted molar refractivity (Wildman–Crippen MR) is 69.1 cm³/mol. The highest BCUT2D eigenvalue weighted by molar-refractivity contribution is 5.92. The Bertz CT molecular complexity index is 447. The maximum Gasteiger partial charge on any atom is 0.331 e. The molecule has 0 heterocycles. The van der Waals surface area contributed by atoms with Gasteiger partial charge in [-0.05, 0) is 49.5 Å². The Morgan fingerprint density at radius 2 is 2.22 bits per heavy atom.